The molecule has 0 spiro atoms. The lowest BCUT2D eigenvalue weighted by Crippen LogP contribution is -2.32. The first-order valence-corrected chi connectivity index (χ1v) is 8.93. The Hall–Kier alpha value is -3.22. The zero-order chi connectivity index (χ0) is 19.4. The molecule has 7 heteroatoms. The van der Waals surface area contributed by atoms with E-state index in [1.165, 1.54) is 0 Å². The van der Waals surface area contributed by atoms with Crippen molar-refractivity contribution in [1.29, 1.82) is 0 Å². The van der Waals surface area contributed by atoms with Gasteiger partial charge in [0.2, 0.25) is 5.91 Å². The van der Waals surface area contributed by atoms with E-state index in [9.17, 15) is 14.9 Å². The molecule has 140 valence electrons. The molecule has 0 aliphatic carbocycles. The SMILES string of the molecule is CCN(Cc1ccccc1)c1ccc(C2=NNC(=O)CC2C)cc1[N+](=O)[O-]. The summed E-state index contributed by atoms with van der Waals surface area (Å²) in [6, 6.07) is 15.0. The number of nitrogens with one attached hydrogen (secondary N) is 1. The molecule has 0 aromatic heterocycles. The predicted octanol–water partition coefficient (Wildman–Crippen LogP) is 3.48. The fraction of sp³-hybridized carbons (Fsp3) is 0.300. The van der Waals surface area contributed by atoms with E-state index >= 15 is 0 Å². The highest BCUT2D eigenvalue weighted by Crippen LogP contribution is 2.32. The molecule has 1 N–H and O–H groups in total. The van der Waals surface area contributed by atoms with Gasteiger partial charge in [-0.05, 0) is 18.6 Å². The maximum Gasteiger partial charge on any atom is 0.293 e. The number of amides is 1. The minimum absolute atomic E-state index is 0.0390. The first kappa shape index (κ1) is 18.6. The topological polar surface area (TPSA) is 87.8 Å². The van der Waals surface area contributed by atoms with Crippen molar-refractivity contribution in [1.82, 2.24) is 5.43 Å². The van der Waals surface area contributed by atoms with E-state index in [1.807, 2.05) is 55.1 Å². The number of nitrogens with zero attached hydrogens (tertiary/aromatic N) is 3. The Morgan fingerprint density at radius 2 is 2.00 bits per heavy atom. The van der Waals surface area contributed by atoms with Crippen LogP contribution in [0.5, 0.6) is 0 Å². The largest absolute Gasteiger partial charge is 0.362 e. The van der Waals surface area contributed by atoms with Gasteiger partial charge in [-0.1, -0.05) is 43.3 Å². The van der Waals surface area contributed by atoms with E-state index in [0.29, 0.717) is 36.5 Å². The zero-order valence-corrected chi connectivity index (χ0v) is 15.4. The van der Waals surface area contributed by atoms with Crippen LogP contribution in [-0.2, 0) is 11.3 Å². The highest BCUT2D eigenvalue weighted by molar-refractivity contribution is 6.06. The van der Waals surface area contributed by atoms with Crippen molar-refractivity contribution in [2.45, 2.75) is 26.8 Å². The van der Waals surface area contributed by atoms with Crippen molar-refractivity contribution in [2.75, 3.05) is 11.4 Å². The maximum atomic E-state index is 11.7. The van der Waals surface area contributed by atoms with Crippen molar-refractivity contribution in [3.8, 4) is 0 Å². The molecule has 0 radical (unpaired) electrons. The van der Waals surface area contributed by atoms with Crippen molar-refractivity contribution >= 4 is 23.0 Å². The van der Waals surface area contributed by atoms with Gasteiger partial charge in [0.15, 0.2) is 0 Å². The first-order chi connectivity index (χ1) is 13.0. The molecule has 2 aromatic rings. The summed E-state index contributed by atoms with van der Waals surface area (Å²) in [5.74, 6) is -0.229. The maximum absolute atomic E-state index is 11.7. The van der Waals surface area contributed by atoms with E-state index in [2.05, 4.69) is 10.5 Å². The van der Waals surface area contributed by atoms with Crippen molar-refractivity contribution in [2.24, 2.45) is 11.0 Å². The van der Waals surface area contributed by atoms with Crippen LogP contribution in [-0.4, -0.2) is 23.1 Å². The average molecular weight is 366 g/mol. The standard InChI is InChI=1S/C20H22N4O3/c1-3-23(13-15-7-5-4-6-8-15)17-10-9-16(12-18(17)24(26)27)20-14(2)11-19(25)21-22-20/h4-10,12,14H,3,11,13H2,1-2H3,(H,21,25). The van der Waals surface area contributed by atoms with Crippen LogP contribution in [0.1, 0.15) is 31.4 Å². The Labute approximate surface area is 157 Å². The van der Waals surface area contributed by atoms with Gasteiger partial charge in [-0.3, -0.25) is 14.9 Å². The lowest BCUT2D eigenvalue weighted by atomic mass is 9.93. The second kappa shape index (κ2) is 7.99. The van der Waals surface area contributed by atoms with Gasteiger partial charge in [-0.2, -0.15) is 5.10 Å². The number of carbonyl (C=O) groups excluding carboxylic acids is 1. The summed E-state index contributed by atoms with van der Waals surface area (Å²) in [6.07, 6.45) is 0.323. The quantitative estimate of drug-likeness (QED) is 0.626. The van der Waals surface area contributed by atoms with E-state index < -0.39 is 0 Å². The van der Waals surface area contributed by atoms with E-state index in [1.54, 1.807) is 12.1 Å². The zero-order valence-electron chi connectivity index (χ0n) is 15.4. The number of hydrogen-bond donors (Lipinski definition) is 1. The highest BCUT2D eigenvalue weighted by Gasteiger charge is 2.25. The van der Waals surface area contributed by atoms with E-state index in [4.69, 9.17) is 0 Å². The van der Waals surface area contributed by atoms with Crippen LogP contribution in [0, 0.1) is 16.0 Å². The summed E-state index contributed by atoms with van der Waals surface area (Å²) in [4.78, 5) is 24.8. The summed E-state index contributed by atoms with van der Waals surface area (Å²) in [5, 5.41) is 15.8. The molecule has 0 bridgehead atoms. The van der Waals surface area contributed by atoms with E-state index in [0.717, 1.165) is 5.56 Å². The number of anilines is 1. The van der Waals surface area contributed by atoms with Crippen LogP contribution >= 0.6 is 0 Å². The summed E-state index contributed by atoms with van der Waals surface area (Å²) in [7, 11) is 0. The van der Waals surface area contributed by atoms with E-state index in [-0.39, 0.29) is 22.4 Å². The summed E-state index contributed by atoms with van der Waals surface area (Å²) >= 11 is 0. The molecule has 1 unspecified atom stereocenters. The Kier molecular flexibility index (Phi) is 5.49. The van der Waals surface area contributed by atoms with Crippen molar-refractivity contribution in [3.05, 3.63) is 69.8 Å². The Morgan fingerprint density at radius 3 is 2.63 bits per heavy atom. The number of nitro groups is 1. The van der Waals surface area contributed by atoms with Crippen LogP contribution in [0.3, 0.4) is 0 Å². The van der Waals surface area contributed by atoms with Crippen LogP contribution in [0.25, 0.3) is 0 Å². The van der Waals surface area contributed by atoms with Gasteiger partial charge in [-0.15, -0.1) is 0 Å². The van der Waals surface area contributed by atoms with Gasteiger partial charge in [0.1, 0.15) is 5.69 Å². The molecule has 1 aliphatic rings. The van der Waals surface area contributed by atoms with Crippen LogP contribution in [0.15, 0.2) is 53.6 Å². The molecule has 1 amide bonds. The van der Waals surface area contributed by atoms with Gasteiger partial charge >= 0.3 is 0 Å². The molecule has 1 atom stereocenters. The smallest absolute Gasteiger partial charge is 0.293 e. The fourth-order valence-electron chi connectivity index (χ4n) is 3.27. The number of nitro benzene ring substituents is 1. The number of hydrazone groups is 1. The molecule has 1 heterocycles. The second-order valence-electron chi connectivity index (χ2n) is 6.60. The number of hydrogen-bond acceptors (Lipinski definition) is 5. The molecular formula is C20H22N4O3. The summed E-state index contributed by atoms with van der Waals surface area (Å²) < 4.78 is 0. The fourth-order valence-corrected chi connectivity index (χ4v) is 3.27. The second-order valence-corrected chi connectivity index (χ2v) is 6.60. The number of benzene rings is 2. The Balaban J connectivity index is 1.96. The lowest BCUT2D eigenvalue weighted by Gasteiger charge is -2.24. The molecule has 0 saturated carbocycles. The van der Waals surface area contributed by atoms with Gasteiger partial charge in [-0.25, -0.2) is 5.43 Å². The van der Waals surface area contributed by atoms with Gasteiger partial charge < -0.3 is 4.90 Å². The molecule has 27 heavy (non-hydrogen) atoms. The van der Waals surface area contributed by atoms with Crippen molar-refractivity contribution in [3.63, 3.8) is 0 Å². The summed E-state index contributed by atoms with van der Waals surface area (Å²) in [6.45, 7) is 5.10. The van der Waals surface area contributed by atoms with Gasteiger partial charge in [0, 0.05) is 37.1 Å². The molecular weight excluding hydrogens is 344 g/mol. The Morgan fingerprint density at radius 1 is 1.26 bits per heavy atom. The van der Waals surface area contributed by atoms with Crippen LogP contribution in [0.2, 0.25) is 0 Å². The number of carbonyl (C=O) groups is 1. The minimum Gasteiger partial charge on any atom is -0.362 e. The number of rotatable bonds is 6. The van der Waals surface area contributed by atoms with Crippen molar-refractivity contribution < 1.29 is 9.72 Å². The molecule has 1 aliphatic heterocycles. The normalized spacial score (nSPS) is 16.4. The van der Waals surface area contributed by atoms with Gasteiger partial charge in [0.05, 0.1) is 10.6 Å². The molecule has 0 fully saturated rings. The minimum atomic E-state index is -0.362. The average Bonchev–Trinajstić information content (AvgIpc) is 2.66. The third-order valence-corrected chi connectivity index (χ3v) is 4.67. The third kappa shape index (κ3) is 4.13. The predicted molar refractivity (Wildman–Crippen MR) is 105 cm³/mol. The van der Waals surface area contributed by atoms with Gasteiger partial charge in [0.25, 0.3) is 5.69 Å². The molecule has 2 aromatic carbocycles. The highest BCUT2D eigenvalue weighted by atomic mass is 16.6. The molecule has 7 nitrogen and oxygen atoms in total. The lowest BCUT2D eigenvalue weighted by molar-refractivity contribution is -0.384. The van der Waals surface area contributed by atoms with Crippen LogP contribution < -0.4 is 10.3 Å². The molecule has 0 saturated heterocycles. The summed E-state index contributed by atoms with van der Waals surface area (Å²) in [5.41, 5.74) is 5.48. The van der Waals surface area contributed by atoms with Crippen LogP contribution in [0.4, 0.5) is 11.4 Å². The first-order valence-electron chi connectivity index (χ1n) is 8.93. The monoisotopic (exact) mass is 366 g/mol. The third-order valence-electron chi connectivity index (χ3n) is 4.67. The Bertz CT molecular complexity index is 880. The molecule has 3 rings (SSSR count).